The fourth-order valence-corrected chi connectivity index (χ4v) is 1.55. The Labute approximate surface area is 106 Å². The van der Waals surface area contributed by atoms with Gasteiger partial charge in [-0.15, -0.1) is 0 Å². The van der Waals surface area contributed by atoms with E-state index in [2.05, 4.69) is 10.6 Å². The van der Waals surface area contributed by atoms with Crippen LogP contribution in [-0.4, -0.2) is 12.1 Å². The number of halogens is 1. The molecule has 0 aliphatic carbocycles. The third kappa shape index (κ3) is 3.74. The lowest BCUT2D eigenvalue weighted by molar-refractivity contribution is 0.247. The van der Waals surface area contributed by atoms with Gasteiger partial charge in [-0.2, -0.15) is 5.26 Å². The maximum Gasteiger partial charge on any atom is 0.319 e. The van der Waals surface area contributed by atoms with Gasteiger partial charge in [0.15, 0.2) is 0 Å². The molecule has 0 saturated heterocycles. The molecule has 0 heterocycles. The van der Waals surface area contributed by atoms with E-state index in [4.69, 9.17) is 5.26 Å². The van der Waals surface area contributed by atoms with E-state index in [0.29, 0.717) is 5.69 Å². The van der Waals surface area contributed by atoms with E-state index in [1.165, 1.54) is 12.1 Å². The van der Waals surface area contributed by atoms with Crippen LogP contribution in [0.25, 0.3) is 0 Å². The van der Waals surface area contributed by atoms with Crippen LogP contribution in [0.15, 0.2) is 18.2 Å². The molecule has 0 aliphatic rings. The number of nitriles is 1. The minimum atomic E-state index is -0.502. The van der Waals surface area contributed by atoms with Crippen molar-refractivity contribution in [1.29, 1.82) is 5.26 Å². The molecule has 0 aliphatic heterocycles. The first-order chi connectivity index (χ1) is 8.60. The highest BCUT2D eigenvalue weighted by atomic mass is 19.1. The van der Waals surface area contributed by atoms with Crippen LogP contribution in [0.5, 0.6) is 0 Å². The van der Waals surface area contributed by atoms with Gasteiger partial charge >= 0.3 is 6.03 Å². The fraction of sp³-hybridized carbons (Fsp3) is 0.385. The number of carbonyl (C=O) groups is 1. The normalized spacial score (nSPS) is 9.94. The van der Waals surface area contributed by atoms with Crippen molar-refractivity contribution in [3.63, 3.8) is 0 Å². The van der Waals surface area contributed by atoms with Crippen LogP contribution in [0.4, 0.5) is 14.9 Å². The zero-order chi connectivity index (χ0) is 13.5. The lowest BCUT2D eigenvalue weighted by Crippen LogP contribution is -2.37. The predicted octanol–water partition coefficient (Wildman–Crippen LogP) is 3.01. The van der Waals surface area contributed by atoms with Gasteiger partial charge in [-0.25, -0.2) is 9.18 Å². The minimum Gasteiger partial charge on any atom is -0.335 e. The molecule has 2 amide bonds. The lowest BCUT2D eigenvalue weighted by atomic mass is 10.2. The maximum absolute atomic E-state index is 12.9. The summed E-state index contributed by atoms with van der Waals surface area (Å²) in [6, 6.07) is 5.22. The summed E-state index contributed by atoms with van der Waals surface area (Å²) in [5, 5.41) is 14.2. The number of hydrogen-bond acceptors (Lipinski definition) is 2. The number of nitrogens with zero attached hydrogens (tertiary/aromatic N) is 1. The summed E-state index contributed by atoms with van der Waals surface area (Å²) in [4.78, 5) is 11.7. The average Bonchev–Trinajstić information content (AvgIpc) is 2.38. The monoisotopic (exact) mass is 249 g/mol. The zero-order valence-electron chi connectivity index (χ0n) is 10.5. The second-order valence-electron chi connectivity index (χ2n) is 3.91. The molecule has 18 heavy (non-hydrogen) atoms. The largest absolute Gasteiger partial charge is 0.335 e. The Hall–Kier alpha value is -2.09. The number of urea groups is 1. The number of nitrogens with one attached hydrogen (secondary N) is 2. The fourth-order valence-electron chi connectivity index (χ4n) is 1.55. The Morgan fingerprint density at radius 3 is 2.67 bits per heavy atom. The Balaban J connectivity index is 2.73. The maximum atomic E-state index is 12.9. The number of benzene rings is 1. The van der Waals surface area contributed by atoms with Gasteiger partial charge in [0, 0.05) is 6.04 Å². The van der Waals surface area contributed by atoms with E-state index in [9.17, 15) is 9.18 Å². The highest BCUT2D eigenvalue weighted by Crippen LogP contribution is 2.15. The van der Waals surface area contributed by atoms with Crippen molar-refractivity contribution in [1.82, 2.24) is 5.32 Å². The summed E-state index contributed by atoms with van der Waals surface area (Å²) in [5.41, 5.74) is 0.414. The van der Waals surface area contributed by atoms with Crippen molar-refractivity contribution >= 4 is 11.7 Å². The van der Waals surface area contributed by atoms with Crippen molar-refractivity contribution < 1.29 is 9.18 Å². The molecule has 96 valence electrons. The molecule has 0 unspecified atom stereocenters. The molecule has 0 bridgehead atoms. The molecule has 0 radical (unpaired) electrons. The van der Waals surface area contributed by atoms with Crippen LogP contribution in [0.1, 0.15) is 32.3 Å². The first-order valence-electron chi connectivity index (χ1n) is 5.87. The summed E-state index contributed by atoms with van der Waals surface area (Å²) in [7, 11) is 0. The summed E-state index contributed by atoms with van der Waals surface area (Å²) < 4.78 is 12.9. The van der Waals surface area contributed by atoms with Crippen molar-refractivity contribution in [2.75, 3.05) is 5.32 Å². The molecular formula is C13H16FN3O. The zero-order valence-corrected chi connectivity index (χ0v) is 10.5. The number of hydrogen-bond donors (Lipinski definition) is 2. The quantitative estimate of drug-likeness (QED) is 0.861. The summed E-state index contributed by atoms with van der Waals surface area (Å²) in [6.45, 7) is 3.96. The van der Waals surface area contributed by atoms with Gasteiger partial charge < -0.3 is 10.6 Å². The van der Waals surface area contributed by atoms with Crippen LogP contribution in [0, 0.1) is 17.1 Å². The van der Waals surface area contributed by atoms with E-state index in [1.807, 2.05) is 19.9 Å². The molecule has 1 aromatic carbocycles. The van der Waals surface area contributed by atoms with Gasteiger partial charge in [0.2, 0.25) is 0 Å². The molecule has 2 N–H and O–H groups in total. The Morgan fingerprint density at radius 1 is 1.44 bits per heavy atom. The molecule has 0 saturated carbocycles. The molecule has 0 aromatic heterocycles. The topological polar surface area (TPSA) is 64.9 Å². The molecule has 0 fully saturated rings. The second kappa shape index (κ2) is 6.60. The number of carbonyl (C=O) groups excluding carboxylic acids is 1. The highest BCUT2D eigenvalue weighted by molar-refractivity contribution is 5.90. The first kappa shape index (κ1) is 14.0. The van der Waals surface area contributed by atoms with Crippen LogP contribution >= 0.6 is 0 Å². The molecule has 5 heteroatoms. The van der Waals surface area contributed by atoms with Crippen molar-refractivity contribution in [2.45, 2.75) is 32.7 Å². The van der Waals surface area contributed by atoms with E-state index in [-0.39, 0.29) is 17.6 Å². The first-order valence-corrected chi connectivity index (χ1v) is 5.87. The van der Waals surface area contributed by atoms with Gasteiger partial charge in [0.1, 0.15) is 11.9 Å². The van der Waals surface area contributed by atoms with Crippen molar-refractivity contribution in [3.05, 3.63) is 29.6 Å². The van der Waals surface area contributed by atoms with Crippen molar-refractivity contribution in [2.24, 2.45) is 0 Å². The summed E-state index contributed by atoms with van der Waals surface area (Å²) in [6.07, 6.45) is 1.66. The molecule has 0 spiro atoms. The Kier molecular flexibility index (Phi) is 5.12. The SMILES string of the molecule is CCC(CC)NC(=O)Nc1ccc(F)cc1C#N. The second-order valence-corrected chi connectivity index (χ2v) is 3.91. The number of amides is 2. The molecule has 1 rings (SSSR count). The Morgan fingerprint density at radius 2 is 2.11 bits per heavy atom. The van der Waals surface area contributed by atoms with Crippen LogP contribution in [0.2, 0.25) is 0 Å². The van der Waals surface area contributed by atoms with Crippen LogP contribution < -0.4 is 10.6 Å². The molecule has 4 nitrogen and oxygen atoms in total. The smallest absolute Gasteiger partial charge is 0.319 e. The van der Waals surface area contributed by atoms with E-state index in [1.54, 1.807) is 0 Å². The van der Waals surface area contributed by atoms with Gasteiger partial charge in [-0.3, -0.25) is 0 Å². The van der Waals surface area contributed by atoms with Crippen LogP contribution in [0.3, 0.4) is 0 Å². The molecule has 0 atom stereocenters. The van der Waals surface area contributed by atoms with Gasteiger partial charge in [-0.05, 0) is 31.0 Å². The minimum absolute atomic E-state index is 0.0935. The Bertz CT molecular complexity index is 464. The number of anilines is 1. The van der Waals surface area contributed by atoms with Gasteiger partial charge in [0.05, 0.1) is 11.3 Å². The van der Waals surface area contributed by atoms with Crippen molar-refractivity contribution in [3.8, 4) is 6.07 Å². The third-order valence-electron chi connectivity index (χ3n) is 2.67. The third-order valence-corrected chi connectivity index (χ3v) is 2.67. The standard InChI is InChI=1S/C13H16FN3O/c1-3-11(4-2)16-13(18)17-12-6-5-10(14)7-9(12)8-15/h5-7,11H,3-4H2,1-2H3,(H2,16,17,18). The van der Waals surface area contributed by atoms with Gasteiger partial charge in [0.25, 0.3) is 0 Å². The molecule has 1 aromatic rings. The molecular weight excluding hydrogens is 233 g/mol. The average molecular weight is 249 g/mol. The lowest BCUT2D eigenvalue weighted by Gasteiger charge is -2.15. The van der Waals surface area contributed by atoms with Crippen LogP contribution in [-0.2, 0) is 0 Å². The number of rotatable bonds is 4. The highest BCUT2D eigenvalue weighted by Gasteiger charge is 2.10. The summed E-state index contributed by atoms with van der Waals surface area (Å²) >= 11 is 0. The predicted molar refractivity (Wildman–Crippen MR) is 67.6 cm³/mol. The summed E-state index contributed by atoms with van der Waals surface area (Å²) in [5.74, 6) is -0.502. The van der Waals surface area contributed by atoms with E-state index in [0.717, 1.165) is 18.9 Å². The van der Waals surface area contributed by atoms with E-state index >= 15 is 0 Å². The van der Waals surface area contributed by atoms with E-state index < -0.39 is 5.82 Å². The van der Waals surface area contributed by atoms with Gasteiger partial charge in [-0.1, -0.05) is 13.8 Å².